The summed E-state index contributed by atoms with van der Waals surface area (Å²) >= 11 is 3.50. The second-order valence-corrected chi connectivity index (χ2v) is 8.92. The molecule has 0 radical (unpaired) electrons. The van der Waals surface area contributed by atoms with E-state index in [0.29, 0.717) is 5.75 Å². The number of hydrogen-bond donors (Lipinski definition) is 1. The highest BCUT2D eigenvalue weighted by Gasteiger charge is 2.13. The summed E-state index contributed by atoms with van der Waals surface area (Å²) in [7, 11) is 0. The van der Waals surface area contributed by atoms with E-state index in [1.807, 2.05) is 56.3 Å². The zero-order chi connectivity index (χ0) is 23.4. The minimum atomic E-state index is -0.316. The maximum absolute atomic E-state index is 12.3. The van der Waals surface area contributed by atoms with Crippen LogP contribution in [0.15, 0.2) is 76.3 Å². The molecule has 1 amide bonds. The van der Waals surface area contributed by atoms with Crippen LogP contribution in [0.3, 0.4) is 0 Å². The van der Waals surface area contributed by atoms with Crippen LogP contribution in [0.1, 0.15) is 27.9 Å². The third-order valence-corrected chi connectivity index (χ3v) is 6.16. The summed E-state index contributed by atoms with van der Waals surface area (Å²) in [4.78, 5) is 12.3. The van der Waals surface area contributed by atoms with E-state index < -0.39 is 0 Å². The quantitative estimate of drug-likeness (QED) is 0.252. The summed E-state index contributed by atoms with van der Waals surface area (Å²) < 4.78 is 8.82. The molecule has 0 aliphatic heterocycles. The highest BCUT2D eigenvalue weighted by molar-refractivity contribution is 9.10. The minimum Gasteiger partial charge on any atom is -0.482 e. The molecule has 0 spiro atoms. The summed E-state index contributed by atoms with van der Waals surface area (Å²) in [6, 6.07) is 22.6. The number of halogens is 1. The largest absolute Gasteiger partial charge is 0.482 e. The van der Waals surface area contributed by atoms with Gasteiger partial charge in [-0.2, -0.15) is 5.10 Å². The zero-order valence-electron chi connectivity index (χ0n) is 18.9. The maximum atomic E-state index is 12.3. The first-order valence-corrected chi connectivity index (χ1v) is 11.6. The molecule has 0 saturated carbocycles. The predicted molar refractivity (Wildman–Crippen MR) is 137 cm³/mol. The van der Waals surface area contributed by atoms with Gasteiger partial charge >= 0.3 is 0 Å². The Hall–Kier alpha value is -3.38. The van der Waals surface area contributed by atoms with E-state index in [2.05, 4.69) is 62.2 Å². The number of carbonyl (C=O) groups is 1. The van der Waals surface area contributed by atoms with E-state index in [-0.39, 0.29) is 12.5 Å². The number of nitrogens with zero attached hydrogens (tertiary/aromatic N) is 2. The van der Waals surface area contributed by atoms with E-state index in [1.54, 1.807) is 6.21 Å². The van der Waals surface area contributed by atoms with Gasteiger partial charge in [0, 0.05) is 28.7 Å². The molecule has 5 nitrogen and oxygen atoms in total. The number of carbonyl (C=O) groups excluding carboxylic acids is 1. The minimum absolute atomic E-state index is 0.116. The molecule has 0 atom stereocenters. The van der Waals surface area contributed by atoms with Gasteiger partial charge in [-0.05, 0) is 65.5 Å². The van der Waals surface area contributed by atoms with Gasteiger partial charge in [0.2, 0.25) is 0 Å². The number of aryl methyl sites for hydroxylation is 2. The van der Waals surface area contributed by atoms with Crippen LogP contribution in [0, 0.1) is 20.8 Å². The van der Waals surface area contributed by atoms with E-state index >= 15 is 0 Å². The molecule has 0 bridgehead atoms. The molecule has 4 aromatic rings. The molecule has 0 saturated heterocycles. The third kappa shape index (κ3) is 5.17. The Morgan fingerprint density at radius 2 is 1.79 bits per heavy atom. The molecule has 0 aliphatic rings. The molecule has 3 aromatic carbocycles. The van der Waals surface area contributed by atoms with Gasteiger partial charge < -0.3 is 9.30 Å². The lowest BCUT2D eigenvalue weighted by molar-refractivity contribution is -0.123. The topological polar surface area (TPSA) is 55.6 Å². The average Bonchev–Trinajstić information content (AvgIpc) is 3.05. The van der Waals surface area contributed by atoms with Crippen molar-refractivity contribution in [3.05, 3.63) is 99.2 Å². The molecule has 1 N–H and O–H groups in total. The van der Waals surface area contributed by atoms with Crippen molar-refractivity contribution in [1.82, 2.24) is 9.99 Å². The molecular weight excluding hydrogens is 478 g/mol. The molecule has 0 unspecified atom stereocenters. The Labute approximate surface area is 202 Å². The molecular formula is C27H26BrN3O2. The monoisotopic (exact) mass is 503 g/mol. The lowest BCUT2D eigenvalue weighted by Crippen LogP contribution is -2.25. The summed E-state index contributed by atoms with van der Waals surface area (Å²) in [5, 5.41) is 5.31. The van der Waals surface area contributed by atoms with Crippen molar-refractivity contribution in [2.75, 3.05) is 6.61 Å². The van der Waals surface area contributed by atoms with E-state index in [0.717, 1.165) is 44.3 Å². The fourth-order valence-electron chi connectivity index (χ4n) is 4.01. The number of nitrogens with one attached hydrogen (secondary N) is 1. The van der Waals surface area contributed by atoms with Crippen LogP contribution in [-0.2, 0) is 11.3 Å². The van der Waals surface area contributed by atoms with E-state index in [4.69, 9.17) is 4.74 Å². The smallest absolute Gasteiger partial charge is 0.277 e. The summed E-state index contributed by atoms with van der Waals surface area (Å²) in [5.74, 6) is 0.350. The van der Waals surface area contributed by atoms with Crippen molar-refractivity contribution >= 4 is 39.0 Å². The first kappa shape index (κ1) is 22.8. The Balaban J connectivity index is 1.48. The van der Waals surface area contributed by atoms with Crippen molar-refractivity contribution in [1.29, 1.82) is 0 Å². The fraction of sp³-hybridized carbons (Fsp3) is 0.185. The summed E-state index contributed by atoms with van der Waals surface area (Å²) in [5.41, 5.74) is 9.12. The number of fused-ring (bicyclic) bond motifs is 1. The SMILES string of the molecule is Cc1cc(C)c(OCC(=O)N/N=C\c2c(C)n(Cc3ccccc3)c3ccccc23)c(Br)c1. The average molecular weight is 504 g/mol. The highest BCUT2D eigenvalue weighted by atomic mass is 79.9. The molecule has 33 heavy (non-hydrogen) atoms. The standard InChI is InChI=1S/C27H26BrN3O2/c1-18-13-19(2)27(24(28)14-18)33-17-26(32)30-29-15-23-20(3)31(16-21-9-5-4-6-10-21)25-12-8-7-11-22(23)25/h4-15H,16-17H2,1-3H3,(H,30,32)/b29-15-. The van der Waals surface area contributed by atoms with Crippen LogP contribution in [0.5, 0.6) is 5.75 Å². The van der Waals surface area contributed by atoms with Crippen LogP contribution in [0.2, 0.25) is 0 Å². The second kappa shape index (κ2) is 10.0. The lowest BCUT2D eigenvalue weighted by atomic mass is 10.1. The van der Waals surface area contributed by atoms with Crippen LogP contribution in [0.25, 0.3) is 10.9 Å². The normalized spacial score (nSPS) is 11.3. The number of benzene rings is 3. The summed E-state index contributed by atoms with van der Waals surface area (Å²) in [6.07, 6.45) is 1.71. The van der Waals surface area contributed by atoms with Crippen LogP contribution in [-0.4, -0.2) is 23.3 Å². The molecule has 1 aromatic heterocycles. The van der Waals surface area contributed by atoms with E-state index in [9.17, 15) is 4.79 Å². The number of aromatic nitrogens is 1. The Morgan fingerprint density at radius 1 is 1.06 bits per heavy atom. The fourth-order valence-corrected chi connectivity index (χ4v) is 4.80. The first-order valence-electron chi connectivity index (χ1n) is 10.8. The van der Waals surface area contributed by atoms with Crippen molar-refractivity contribution < 1.29 is 9.53 Å². The molecule has 1 heterocycles. The van der Waals surface area contributed by atoms with Gasteiger partial charge in [-0.3, -0.25) is 4.79 Å². The number of rotatable bonds is 7. The van der Waals surface area contributed by atoms with Crippen LogP contribution < -0.4 is 10.2 Å². The van der Waals surface area contributed by atoms with Gasteiger partial charge in [0.15, 0.2) is 6.61 Å². The molecule has 6 heteroatoms. The van der Waals surface area contributed by atoms with Gasteiger partial charge in [0.1, 0.15) is 5.75 Å². The van der Waals surface area contributed by atoms with Crippen molar-refractivity contribution in [3.63, 3.8) is 0 Å². The second-order valence-electron chi connectivity index (χ2n) is 8.06. The van der Waals surface area contributed by atoms with Crippen molar-refractivity contribution in [2.24, 2.45) is 5.10 Å². The molecule has 168 valence electrons. The number of hydrazone groups is 1. The number of amides is 1. The zero-order valence-corrected chi connectivity index (χ0v) is 20.5. The van der Waals surface area contributed by atoms with Gasteiger partial charge in [0.25, 0.3) is 5.91 Å². The summed E-state index contributed by atoms with van der Waals surface area (Å²) in [6.45, 7) is 6.70. The van der Waals surface area contributed by atoms with Gasteiger partial charge in [-0.25, -0.2) is 5.43 Å². The van der Waals surface area contributed by atoms with Gasteiger partial charge in [-0.1, -0.05) is 54.6 Å². The van der Waals surface area contributed by atoms with Crippen LogP contribution in [0.4, 0.5) is 0 Å². The Bertz CT molecular complexity index is 1300. The van der Waals surface area contributed by atoms with Gasteiger partial charge in [0.05, 0.1) is 10.7 Å². The van der Waals surface area contributed by atoms with Crippen molar-refractivity contribution in [3.8, 4) is 5.75 Å². The lowest BCUT2D eigenvalue weighted by Gasteiger charge is -2.11. The molecule has 4 rings (SSSR count). The number of ether oxygens (including phenoxy) is 1. The third-order valence-electron chi connectivity index (χ3n) is 5.57. The number of hydrogen-bond acceptors (Lipinski definition) is 3. The molecule has 0 aliphatic carbocycles. The number of para-hydroxylation sites is 1. The highest BCUT2D eigenvalue weighted by Crippen LogP contribution is 2.30. The Kier molecular flexibility index (Phi) is 6.94. The van der Waals surface area contributed by atoms with Crippen LogP contribution >= 0.6 is 15.9 Å². The molecule has 0 fully saturated rings. The van der Waals surface area contributed by atoms with Gasteiger partial charge in [-0.15, -0.1) is 0 Å². The maximum Gasteiger partial charge on any atom is 0.277 e. The van der Waals surface area contributed by atoms with Crippen molar-refractivity contribution in [2.45, 2.75) is 27.3 Å². The van der Waals surface area contributed by atoms with E-state index in [1.165, 1.54) is 5.56 Å². The predicted octanol–water partition coefficient (Wildman–Crippen LogP) is 5.91. The Morgan fingerprint density at radius 3 is 2.55 bits per heavy atom. The first-order chi connectivity index (χ1) is 15.9.